The van der Waals surface area contributed by atoms with Crippen LogP contribution < -0.4 is 5.32 Å². The van der Waals surface area contributed by atoms with Crippen LogP contribution in [0, 0.1) is 0 Å². The number of nitrogens with zero attached hydrogens (tertiary/aromatic N) is 2. The average molecular weight is 233 g/mol. The smallest absolute Gasteiger partial charge is 0.318 e. The third-order valence-corrected chi connectivity index (χ3v) is 3.37. The summed E-state index contributed by atoms with van der Waals surface area (Å²) in [6, 6.07) is -0.604. The van der Waals surface area contributed by atoms with Crippen molar-refractivity contribution < 1.29 is 14.8 Å². The first-order valence-electron chi connectivity index (χ1n) is 5.43. The lowest BCUT2D eigenvalue weighted by Crippen LogP contribution is -2.39. The number of rotatable bonds is 0. The molecule has 0 aromatic heterocycles. The van der Waals surface area contributed by atoms with Gasteiger partial charge in [0.15, 0.2) is 0 Å². The van der Waals surface area contributed by atoms with Gasteiger partial charge in [-0.05, 0) is 0 Å². The molecule has 6 nitrogen and oxygen atoms in total. The summed E-state index contributed by atoms with van der Waals surface area (Å²) in [7, 11) is 0. The van der Waals surface area contributed by atoms with Crippen molar-refractivity contribution in [2.24, 2.45) is 5.16 Å². The summed E-state index contributed by atoms with van der Waals surface area (Å²) in [5.41, 5.74) is 0.633. The van der Waals surface area contributed by atoms with Gasteiger partial charge in [0.05, 0.1) is 12.1 Å². The molecular formula is C11H11N3O3. The van der Waals surface area contributed by atoms with Gasteiger partial charge < -0.3 is 15.4 Å². The highest BCUT2D eigenvalue weighted by molar-refractivity contribution is 6.46. The summed E-state index contributed by atoms with van der Waals surface area (Å²) in [5.74, 6) is -0.272. The SMILES string of the molecule is O=C1C2=CC=CC3NC(=O)N(CC/C1=N\O)C23. The summed E-state index contributed by atoms with van der Waals surface area (Å²) in [4.78, 5) is 25.4. The second kappa shape index (κ2) is 3.44. The van der Waals surface area contributed by atoms with Crippen molar-refractivity contribution in [3.05, 3.63) is 23.8 Å². The average Bonchev–Trinajstić information content (AvgIpc) is 2.56. The number of hydrogen-bond donors (Lipinski definition) is 2. The molecule has 6 heteroatoms. The van der Waals surface area contributed by atoms with E-state index in [1.807, 2.05) is 6.08 Å². The van der Waals surface area contributed by atoms with Crippen molar-refractivity contribution in [3.63, 3.8) is 0 Å². The van der Waals surface area contributed by atoms with Gasteiger partial charge in [-0.1, -0.05) is 23.4 Å². The molecule has 0 radical (unpaired) electrons. The molecule has 2 saturated heterocycles. The molecule has 2 unspecified atom stereocenters. The first-order chi connectivity index (χ1) is 8.22. The second-order valence-corrected chi connectivity index (χ2v) is 4.25. The van der Waals surface area contributed by atoms with E-state index < -0.39 is 0 Å². The Balaban J connectivity index is 2.09. The van der Waals surface area contributed by atoms with Gasteiger partial charge in [0.2, 0.25) is 5.78 Å². The predicted molar refractivity (Wildman–Crippen MR) is 58.9 cm³/mol. The Morgan fingerprint density at radius 3 is 3.06 bits per heavy atom. The quantitative estimate of drug-likeness (QED) is 0.458. The molecule has 17 heavy (non-hydrogen) atoms. The minimum Gasteiger partial charge on any atom is -0.411 e. The van der Waals surface area contributed by atoms with Crippen LogP contribution >= 0.6 is 0 Å². The molecule has 3 aliphatic rings. The largest absolute Gasteiger partial charge is 0.411 e. The number of amides is 2. The fraction of sp³-hybridized carbons (Fsp3) is 0.364. The van der Waals surface area contributed by atoms with Crippen molar-refractivity contribution >= 4 is 17.5 Å². The first-order valence-corrected chi connectivity index (χ1v) is 5.43. The topological polar surface area (TPSA) is 82.0 Å². The van der Waals surface area contributed by atoms with Crippen LogP contribution in [0.25, 0.3) is 0 Å². The predicted octanol–water partition coefficient (Wildman–Crippen LogP) is 0.0480. The molecule has 0 spiro atoms. The number of hydrogen-bond acceptors (Lipinski definition) is 4. The number of allylic oxidation sites excluding steroid dienone is 2. The van der Waals surface area contributed by atoms with Crippen LogP contribution in [-0.4, -0.2) is 46.3 Å². The van der Waals surface area contributed by atoms with Gasteiger partial charge in [-0.25, -0.2) is 4.79 Å². The van der Waals surface area contributed by atoms with E-state index >= 15 is 0 Å². The van der Waals surface area contributed by atoms with Gasteiger partial charge in [-0.2, -0.15) is 0 Å². The lowest BCUT2D eigenvalue weighted by molar-refractivity contribution is -0.110. The van der Waals surface area contributed by atoms with Crippen molar-refractivity contribution in [1.82, 2.24) is 10.2 Å². The molecule has 1 aliphatic carbocycles. The summed E-state index contributed by atoms with van der Waals surface area (Å²) in [6.45, 7) is 0.392. The van der Waals surface area contributed by atoms with Crippen molar-refractivity contribution in [1.29, 1.82) is 0 Å². The molecule has 2 heterocycles. The van der Waals surface area contributed by atoms with Crippen LogP contribution in [0.3, 0.4) is 0 Å². The molecule has 2 aliphatic heterocycles. The van der Waals surface area contributed by atoms with Gasteiger partial charge in [0.1, 0.15) is 5.71 Å². The number of urea groups is 1. The van der Waals surface area contributed by atoms with Crippen LogP contribution in [0.4, 0.5) is 4.79 Å². The van der Waals surface area contributed by atoms with Gasteiger partial charge in [0, 0.05) is 18.5 Å². The normalized spacial score (nSPS) is 33.3. The zero-order valence-corrected chi connectivity index (χ0v) is 8.96. The Morgan fingerprint density at radius 1 is 1.47 bits per heavy atom. The highest BCUT2D eigenvalue weighted by Crippen LogP contribution is 2.29. The van der Waals surface area contributed by atoms with Crippen LogP contribution in [0.2, 0.25) is 0 Å². The Bertz CT molecular complexity index is 492. The number of carbonyl (C=O) groups excluding carboxylic acids is 2. The van der Waals surface area contributed by atoms with E-state index in [1.165, 1.54) is 0 Å². The maximum Gasteiger partial charge on any atom is 0.318 e. The van der Waals surface area contributed by atoms with E-state index in [-0.39, 0.29) is 36.0 Å². The highest BCUT2D eigenvalue weighted by Gasteiger charge is 2.45. The standard InChI is InChI=1S/C11H11N3O3/c15-10-6-2-1-3-7-9(6)14(11(16)12-7)5-4-8(10)13-17/h1-3,7,9,17H,4-5H2,(H,12,16)/b13-8+. The van der Waals surface area contributed by atoms with E-state index in [0.29, 0.717) is 12.1 Å². The summed E-state index contributed by atoms with van der Waals surface area (Å²) in [5, 5.41) is 14.7. The van der Waals surface area contributed by atoms with Crippen molar-refractivity contribution in [3.8, 4) is 0 Å². The lowest BCUT2D eigenvalue weighted by Gasteiger charge is -2.25. The van der Waals surface area contributed by atoms with E-state index in [4.69, 9.17) is 5.21 Å². The maximum absolute atomic E-state index is 12.1. The van der Waals surface area contributed by atoms with Crippen LogP contribution in [0.15, 0.2) is 29.0 Å². The van der Waals surface area contributed by atoms with Crippen LogP contribution in [-0.2, 0) is 4.79 Å². The minimum absolute atomic E-state index is 0.118. The first kappa shape index (κ1) is 10.1. The Morgan fingerprint density at radius 2 is 2.29 bits per heavy atom. The fourth-order valence-electron chi connectivity index (χ4n) is 2.57. The van der Waals surface area contributed by atoms with Crippen LogP contribution in [0.1, 0.15) is 6.42 Å². The molecule has 2 amide bonds. The van der Waals surface area contributed by atoms with E-state index in [2.05, 4.69) is 10.5 Å². The summed E-state index contributed by atoms with van der Waals surface area (Å²) < 4.78 is 0. The van der Waals surface area contributed by atoms with E-state index in [0.717, 1.165) is 0 Å². The van der Waals surface area contributed by atoms with Crippen molar-refractivity contribution in [2.75, 3.05) is 6.54 Å². The van der Waals surface area contributed by atoms with Gasteiger partial charge >= 0.3 is 6.03 Å². The molecule has 0 saturated carbocycles. The Kier molecular flexibility index (Phi) is 2.04. The minimum atomic E-state index is -0.272. The molecule has 3 rings (SSSR count). The number of carbonyl (C=O) groups is 2. The van der Waals surface area contributed by atoms with Gasteiger partial charge in [-0.3, -0.25) is 4.79 Å². The number of nitrogens with one attached hydrogen (secondary N) is 1. The molecule has 0 aromatic carbocycles. The fourth-order valence-corrected chi connectivity index (χ4v) is 2.57. The lowest BCUT2D eigenvalue weighted by atomic mass is 9.91. The maximum atomic E-state index is 12.1. The van der Waals surface area contributed by atoms with Gasteiger partial charge in [-0.15, -0.1) is 0 Å². The molecule has 2 atom stereocenters. The monoisotopic (exact) mass is 233 g/mol. The molecule has 2 fully saturated rings. The molecule has 2 N–H and O–H groups in total. The number of Topliss-reactive ketones (excluding diaryl/α,β-unsaturated/α-hetero) is 1. The Hall–Kier alpha value is -2.11. The molecule has 88 valence electrons. The van der Waals surface area contributed by atoms with Crippen molar-refractivity contribution in [2.45, 2.75) is 18.5 Å². The van der Waals surface area contributed by atoms with Crippen LogP contribution in [0.5, 0.6) is 0 Å². The summed E-state index contributed by atoms with van der Waals surface area (Å²) in [6.07, 6.45) is 5.58. The third kappa shape index (κ3) is 1.30. The Labute approximate surface area is 97.3 Å². The zero-order chi connectivity index (χ0) is 12.0. The molecule has 0 bridgehead atoms. The zero-order valence-electron chi connectivity index (χ0n) is 8.96. The number of oxime groups is 1. The number of ketones is 1. The van der Waals surface area contributed by atoms with E-state index in [1.54, 1.807) is 17.1 Å². The molecule has 0 aromatic rings. The highest BCUT2D eigenvalue weighted by atomic mass is 16.4. The second-order valence-electron chi connectivity index (χ2n) is 4.25. The molecular weight excluding hydrogens is 222 g/mol. The summed E-state index contributed by atoms with van der Waals surface area (Å²) >= 11 is 0. The van der Waals surface area contributed by atoms with E-state index in [9.17, 15) is 9.59 Å². The van der Waals surface area contributed by atoms with Gasteiger partial charge in [0.25, 0.3) is 0 Å². The third-order valence-electron chi connectivity index (χ3n) is 3.37.